The van der Waals surface area contributed by atoms with Crippen molar-refractivity contribution in [2.24, 2.45) is 0 Å². The third kappa shape index (κ3) is 3.84. The Morgan fingerprint density at radius 2 is 1.83 bits per heavy atom. The average Bonchev–Trinajstić information content (AvgIpc) is 3.14. The number of carbonyl (C=O) groups excluding carboxylic acids is 2. The van der Waals surface area contributed by atoms with Crippen LogP contribution >= 0.6 is 0 Å². The van der Waals surface area contributed by atoms with Gasteiger partial charge in [0.25, 0.3) is 5.91 Å². The van der Waals surface area contributed by atoms with E-state index in [2.05, 4.69) is 15.4 Å². The molecule has 144 valence electrons. The number of pyridine rings is 1. The molecule has 2 aromatic carbocycles. The van der Waals surface area contributed by atoms with Crippen LogP contribution in [0.4, 0.5) is 5.69 Å². The number of amides is 1. The second kappa shape index (κ2) is 7.93. The predicted octanol–water partition coefficient (Wildman–Crippen LogP) is 3.52. The molecule has 0 spiro atoms. The lowest BCUT2D eigenvalue weighted by molar-refractivity contribution is -0.119. The Labute approximate surface area is 167 Å². The van der Waals surface area contributed by atoms with Gasteiger partial charge in [-0.1, -0.05) is 42.5 Å². The fourth-order valence-electron chi connectivity index (χ4n) is 3.05. The van der Waals surface area contributed by atoms with Gasteiger partial charge >= 0.3 is 5.97 Å². The van der Waals surface area contributed by atoms with Gasteiger partial charge in [-0.2, -0.15) is 5.10 Å². The van der Waals surface area contributed by atoms with Crippen molar-refractivity contribution < 1.29 is 14.3 Å². The van der Waals surface area contributed by atoms with E-state index in [-0.39, 0.29) is 5.56 Å². The highest BCUT2D eigenvalue weighted by Crippen LogP contribution is 2.22. The van der Waals surface area contributed by atoms with E-state index in [0.717, 1.165) is 10.8 Å². The van der Waals surface area contributed by atoms with Crippen molar-refractivity contribution in [2.45, 2.75) is 6.92 Å². The van der Waals surface area contributed by atoms with Crippen molar-refractivity contribution in [3.05, 3.63) is 84.3 Å². The van der Waals surface area contributed by atoms with E-state index in [9.17, 15) is 9.59 Å². The predicted molar refractivity (Wildman–Crippen MR) is 109 cm³/mol. The minimum absolute atomic E-state index is 0.286. The van der Waals surface area contributed by atoms with Gasteiger partial charge in [0.15, 0.2) is 12.4 Å². The zero-order valence-corrected chi connectivity index (χ0v) is 15.7. The van der Waals surface area contributed by atoms with Crippen LogP contribution in [-0.2, 0) is 9.53 Å². The Bertz CT molecular complexity index is 1180. The van der Waals surface area contributed by atoms with Crippen molar-refractivity contribution in [3.63, 3.8) is 0 Å². The number of carbonyl (C=O) groups is 2. The van der Waals surface area contributed by atoms with Gasteiger partial charge < -0.3 is 10.1 Å². The number of hydrogen-bond acceptors (Lipinski definition) is 5. The smallest absolute Gasteiger partial charge is 0.342 e. The molecule has 4 rings (SSSR count). The largest absolute Gasteiger partial charge is 0.452 e. The van der Waals surface area contributed by atoms with E-state index < -0.39 is 18.5 Å². The van der Waals surface area contributed by atoms with Crippen LogP contribution in [0, 0.1) is 6.92 Å². The Balaban J connectivity index is 1.42. The van der Waals surface area contributed by atoms with E-state index in [1.165, 1.54) is 6.20 Å². The molecule has 0 fully saturated rings. The number of nitrogens with zero attached hydrogens (tertiary/aromatic N) is 3. The van der Waals surface area contributed by atoms with Crippen molar-refractivity contribution in [1.29, 1.82) is 0 Å². The Hall–Kier alpha value is -4.00. The average molecular weight is 386 g/mol. The van der Waals surface area contributed by atoms with Crippen LogP contribution in [0.5, 0.6) is 0 Å². The van der Waals surface area contributed by atoms with Crippen molar-refractivity contribution in [2.75, 3.05) is 11.9 Å². The first-order valence-electron chi connectivity index (χ1n) is 9.04. The number of hydrogen-bond donors (Lipinski definition) is 1. The number of ether oxygens (including phenoxy) is 1. The highest BCUT2D eigenvalue weighted by atomic mass is 16.5. The second-order valence-corrected chi connectivity index (χ2v) is 6.39. The number of aromatic nitrogens is 3. The Morgan fingerprint density at radius 1 is 1.03 bits per heavy atom. The topological polar surface area (TPSA) is 86.1 Å². The molecule has 4 aromatic rings. The fraction of sp³-hybridized carbons (Fsp3) is 0.0909. The summed E-state index contributed by atoms with van der Waals surface area (Å²) in [5.41, 5.74) is 1.54. The minimum Gasteiger partial charge on any atom is -0.452 e. The minimum atomic E-state index is -0.613. The Kier molecular flexibility index (Phi) is 5.03. The molecule has 1 amide bonds. The van der Waals surface area contributed by atoms with Crippen LogP contribution in [0.3, 0.4) is 0 Å². The van der Waals surface area contributed by atoms with Crippen LogP contribution in [0.1, 0.15) is 16.1 Å². The van der Waals surface area contributed by atoms with Gasteiger partial charge in [-0.05, 0) is 30.5 Å². The maximum Gasteiger partial charge on any atom is 0.342 e. The summed E-state index contributed by atoms with van der Waals surface area (Å²) in [4.78, 5) is 28.9. The van der Waals surface area contributed by atoms with E-state index in [0.29, 0.717) is 17.2 Å². The molecule has 2 aromatic heterocycles. The molecule has 0 saturated carbocycles. The molecule has 0 aliphatic heterocycles. The number of nitrogens with one attached hydrogen (secondary N) is 1. The molecule has 2 heterocycles. The number of anilines is 1. The number of rotatable bonds is 5. The molecule has 0 bridgehead atoms. The number of esters is 1. The highest BCUT2D eigenvalue weighted by Gasteiger charge is 2.18. The van der Waals surface area contributed by atoms with Gasteiger partial charge in [-0.15, -0.1) is 0 Å². The van der Waals surface area contributed by atoms with Crippen LogP contribution in [0.25, 0.3) is 16.6 Å². The molecular weight excluding hydrogens is 368 g/mol. The van der Waals surface area contributed by atoms with E-state index in [4.69, 9.17) is 4.74 Å². The summed E-state index contributed by atoms with van der Waals surface area (Å²) < 4.78 is 6.73. The molecule has 1 N–H and O–H groups in total. The second-order valence-electron chi connectivity index (χ2n) is 6.39. The molecule has 0 atom stereocenters. The molecule has 0 saturated heterocycles. The molecule has 7 nitrogen and oxygen atoms in total. The number of fused-ring (bicyclic) bond motifs is 1. The molecule has 0 aliphatic carbocycles. The third-order valence-corrected chi connectivity index (χ3v) is 4.49. The summed E-state index contributed by atoms with van der Waals surface area (Å²) in [6, 6.07) is 18.8. The van der Waals surface area contributed by atoms with Crippen LogP contribution in [0.2, 0.25) is 0 Å². The quantitative estimate of drug-likeness (QED) is 0.530. The molecule has 0 unspecified atom stereocenters. The number of benzene rings is 2. The van der Waals surface area contributed by atoms with E-state index in [1.54, 1.807) is 29.9 Å². The van der Waals surface area contributed by atoms with Gasteiger partial charge in [-0.3, -0.25) is 4.79 Å². The summed E-state index contributed by atoms with van der Waals surface area (Å²) in [5, 5.41) is 8.91. The van der Waals surface area contributed by atoms with Gasteiger partial charge in [0.1, 0.15) is 5.56 Å². The first-order chi connectivity index (χ1) is 14.1. The molecule has 29 heavy (non-hydrogen) atoms. The van der Waals surface area contributed by atoms with Crippen molar-refractivity contribution >= 4 is 28.3 Å². The van der Waals surface area contributed by atoms with Gasteiger partial charge in [0.05, 0.1) is 11.9 Å². The van der Waals surface area contributed by atoms with Gasteiger partial charge in [-0.25, -0.2) is 14.5 Å². The SMILES string of the molecule is Cc1c(C(=O)OCC(=O)Nc2cccc3ccccc23)cnn1-c1ccccn1. The van der Waals surface area contributed by atoms with Crippen LogP contribution in [-0.4, -0.2) is 33.2 Å². The standard InChI is InChI=1S/C22H18N4O3/c1-15-18(13-24-26(15)20-11-4-5-12-23-20)22(28)29-14-21(27)25-19-10-6-8-16-7-2-3-9-17(16)19/h2-13H,14H2,1H3,(H,25,27). The highest BCUT2D eigenvalue weighted by molar-refractivity contribution is 6.03. The first-order valence-corrected chi connectivity index (χ1v) is 9.04. The van der Waals surface area contributed by atoms with E-state index >= 15 is 0 Å². The van der Waals surface area contributed by atoms with E-state index in [1.807, 2.05) is 48.5 Å². The Morgan fingerprint density at radius 3 is 2.66 bits per heavy atom. The van der Waals surface area contributed by atoms with Gasteiger partial charge in [0, 0.05) is 17.3 Å². The maximum atomic E-state index is 12.4. The third-order valence-electron chi connectivity index (χ3n) is 4.49. The first kappa shape index (κ1) is 18.4. The summed E-state index contributed by atoms with van der Waals surface area (Å²) >= 11 is 0. The van der Waals surface area contributed by atoms with Crippen molar-refractivity contribution in [1.82, 2.24) is 14.8 Å². The molecule has 0 radical (unpaired) electrons. The molecule has 7 heteroatoms. The lowest BCUT2D eigenvalue weighted by atomic mass is 10.1. The zero-order valence-electron chi connectivity index (χ0n) is 15.7. The fourth-order valence-corrected chi connectivity index (χ4v) is 3.05. The lowest BCUT2D eigenvalue weighted by Crippen LogP contribution is -2.21. The molecular formula is C22H18N4O3. The monoisotopic (exact) mass is 386 g/mol. The van der Waals surface area contributed by atoms with Crippen LogP contribution in [0.15, 0.2) is 73.1 Å². The van der Waals surface area contributed by atoms with Crippen LogP contribution < -0.4 is 5.32 Å². The lowest BCUT2D eigenvalue weighted by Gasteiger charge is -2.09. The van der Waals surface area contributed by atoms with Crippen molar-refractivity contribution in [3.8, 4) is 5.82 Å². The van der Waals surface area contributed by atoms with Gasteiger partial charge in [0.2, 0.25) is 0 Å². The zero-order chi connectivity index (χ0) is 20.2. The normalized spacial score (nSPS) is 10.7. The maximum absolute atomic E-state index is 12.4. The summed E-state index contributed by atoms with van der Waals surface area (Å²) in [6.07, 6.45) is 3.06. The summed E-state index contributed by atoms with van der Waals surface area (Å²) in [5.74, 6) is -0.431. The molecule has 0 aliphatic rings. The summed E-state index contributed by atoms with van der Waals surface area (Å²) in [7, 11) is 0. The summed E-state index contributed by atoms with van der Waals surface area (Å²) in [6.45, 7) is 1.35.